The number of benzene rings is 3. The molecular weight excluding hydrogens is 1130 g/mol. The minimum Gasteiger partial charge on any atom is -0.494 e. The average molecular weight is 1200 g/mol. The van der Waals surface area contributed by atoms with Crippen LogP contribution in [-0.4, -0.2) is 154 Å². The summed E-state index contributed by atoms with van der Waals surface area (Å²) in [6, 6.07) is 15.7. The van der Waals surface area contributed by atoms with E-state index in [1.165, 1.54) is 90.4 Å². The molecule has 22 nitrogen and oxygen atoms in total. The number of hydrogen-bond acceptors (Lipinski definition) is 22. The van der Waals surface area contributed by atoms with Crippen LogP contribution in [0.25, 0.3) is 0 Å². The van der Waals surface area contributed by atoms with Crippen molar-refractivity contribution < 1.29 is 27.4 Å². The summed E-state index contributed by atoms with van der Waals surface area (Å²) in [5, 5.41) is 15.2. The van der Waals surface area contributed by atoms with Gasteiger partial charge in [-0.25, -0.2) is 13.2 Å². The number of hydrogen-bond donors (Lipinski definition) is 7. The predicted molar refractivity (Wildman–Crippen MR) is 317 cm³/mol. The van der Waals surface area contributed by atoms with Gasteiger partial charge in [0, 0.05) is 72.5 Å². The number of aromatic nitrogens is 9. The van der Waals surface area contributed by atoms with Crippen LogP contribution in [-0.2, 0) is 0 Å². The van der Waals surface area contributed by atoms with Crippen LogP contribution < -0.4 is 57.2 Å². The third-order valence-electron chi connectivity index (χ3n) is 13.5. The summed E-state index contributed by atoms with van der Waals surface area (Å²) in [7, 11) is 10.6. The van der Waals surface area contributed by atoms with Gasteiger partial charge in [-0.1, -0.05) is 0 Å². The van der Waals surface area contributed by atoms with E-state index in [-0.39, 0.29) is 45.0 Å². The maximum Gasteiger partial charge on any atom is 0.233 e. The monoisotopic (exact) mass is 1200 g/mol. The first-order valence-electron chi connectivity index (χ1n) is 27.0. The number of ether oxygens (including phenoxy) is 3. The van der Waals surface area contributed by atoms with Crippen LogP contribution >= 0.6 is 34.8 Å². The lowest BCUT2D eigenvalue weighted by Crippen LogP contribution is -2.42. The summed E-state index contributed by atoms with van der Waals surface area (Å²) in [5.74, 6) is 2.23. The van der Waals surface area contributed by atoms with E-state index in [2.05, 4.69) is 107 Å². The van der Waals surface area contributed by atoms with Crippen molar-refractivity contribution in [1.29, 1.82) is 0 Å². The van der Waals surface area contributed by atoms with Crippen molar-refractivity contribution in [2.45, 2.75) is 101 Å². The molecule has 0 bridgehead atoms. The van der Waals surface area contributed by atoms with Crippen LogP contribution in [0.1, 0.15) is 71.1 Å². The molecular formula is C54H73Cl3F3N19O3. The van der Waals surface area contributed by atoms with Gasteiger partial charge in [0.1, 0.15) is 0 Å². The van der Waals surface area contributed by atoms with Crippen LogP contribution in [0.4, 0.5) is 65.9 Å². The summed E-state index contributed by atoms with van der Waals surface area (Å²) in [4.78, 5) is 43.9. The molecule has 82 heavy (non-hydrogen) atoms. The molecule has 1 atom stereocenters. The molecule has 28 heteroatoms. The first-order chi connectivity index (χ1) is 39.3. The number of nitrogens with zero attached hydrogens (tertiary/aromatic N) is 12. The molecule has 0 amide bonds. The second kappa shape index (κ2) is 30.6. The van der Waals surface area contributed by atoms with Crippen molar-refractivity contribution in [3.63, 3.8) is 0 Å². The molecule has 3 saturated carbocycles. The van der Waals surface area contributed by atoms with Gasteiger partial charge in [0.05, 0.1) is 21.3 Å². The van der Waals surface area contributed by atoms with Crippen LogP contribution in [0.2, 0.25) is 15.9 Å². The van der Waals surface area contributed by atoms with Crippen molar-refractivity contribution in [3.05, 3.63) is 87.9 Å². The maximum absolute atomic E-state index is 14.1. The maximum atomic E-state index is 14.1. The van der Waals surface area contributed by atoms with Crippen molar-refractivity contribution in [2.24, 2.45) is 17.4 Å². The summed E-state index contributed by atoms with van der Waals surface area (Å²) >= 11 is 17.1. The van der Waals surface area contributed by atoms with E-state index in [1.807, 2.05) is 7.05 Å². The molecule has 0 spiro atoms. The number of piperidine rings is 2. The number of nitrogens with one attached hydrogen (secondary N) is 5. The Morgan fingerprint density at radius 2 is 0.866 bits per heavy atom. The van der Waals surface area contributed by atoms with Crippen molar-refractivity contribution in [3.8, 4) is 17.2 Å². The second-order valence-corrected chi connectivity index (χ2v) is 21.5. The third-order valence-corrected chi connectivity index (χ3v) is 14.0. The van der Waals surface area contributed by atoms with E-state index < -0.39 is 17.5 Å². The van der Waals surface area contributed by atoms with Crippen LogP contribution in [0, 0.1) is 23.4 Å². The van der Waals surface area contributed by atoms with Gasteiger partial charge in [-0.05, 0) is 189 Å². The molecule has 1 unspecified atom stereocenters. The predicted octanol–water partition coefficient (Wildman–Crippen LogP) is 9.71. The highest BCUT2D eigenvalue weighted by Crippen LogP contribution is 2.30. The van der Waals surface area contributed by atoms with Gasteiger partial charge in [-0.2, -0.15) is 44.9 Å². The summed E-state index contributed by atoms with van der Waals surface area (Å²) in [5.41, 5.74) is 12.5. The smallest absolute Gasteiger partial charge is 0.233 e. The van der Waals surface area contributed by atoms with Crippen LogP contribution in [0.5, 0.6) is 17.2 Å². The van der Waals surface area contributed by atoms with Crippen molar-refractivity contribution >= 4 is 87.6 Å². The molecule has 6 aromatic rings. The van der Waals surface area contributed by atoms with E-state index >= 15 is 0 Å². The molecule has 2 saturated heterocycles. The average Bonchev–Trinajstić information content (AvgIpc) is 4.43. The Bertz CT molecular complexity index is 2970. The standard InChI is InChI=1S/C20H28FN7O.C13H13ClFN5O.C10H7Cl2FN4O.C8H18N2.C3H7N/c1-27-10-8-15(9-11-27)28(2)20-25-18(22-13-4-5-13)24-19(26-20)23-14-6-7-17(29-3)16(21)12-14;1-21-10-5-4-8(6-9(10)15)17-13-19-11(14)18-12(20-13)16-7-2-3-7;1-18-7-3-2-5(4-6(7)13)14-10-16-8(11)15-9(12)17-10;1-7(9)8-3-5-10(2)6-4-8;4-3-1-2-3/h6-7,12-13,15H,4-5,8-11H2,1-3H3,(H2,22,23,24,25,26);4-7H,2-3H2,1H3,(H2,16,17,18,19,20);2-4H,1H3,(H,14,15,16,17);7-8H,3-6,9H2,1-2H3;3H,1-2,4H2. The van der Waals surface area contributed by atoms with Gasteiger partial charge in [0.2, 0.25) is 51.5 Å². The third kappa shape index (κ3) is 21.0. The number of likely N-dealkylation sites (tertiary alicyclic amines) is 2. The van der Waals surface area contributed by atoms with Gasteiger partial charge in [-0.15, -0.1) is 0 Å². The van der Waals surface area contributed by atoms with E-state index in [4.69, 9.17) is 60.5 Å². The quantitative estimate of drug-likeness (QED) is 0.0475. The molecule has 5 fully saturated rings. The Morgan fingerprint density at radius 1 is 0.524 bits per heavy atom. The molecule has 444 valence electrons. The molecule has 11 rings (SSSR count). The number of nitrogens with two attached hydrogens (primary N) is 2. The fraction of sp³-hybridized carbons (Fsp3) is 0.500. The molecule has 3 aliphatic carbocycles. The number of rotatable bonds is 16. The lowest BCUT2D eigenvalue weighted by Gasteiger charge is -2.35. The normalized spacial score (nSPS) is 16.6. The highest BCUT2D eigenvalue weighted by atomic mass is 35.5. The summed E-state index contributed by atoms with van der Waals surface area (Å²) in [6.45, 7) is 6.70. The molecule has 5 heterocycles. The molecule has 9 N–H and O–H groups in total. The van der Waals surface area contributed by atoms with Crippen LogP contribution in [0.15, 0.2) is 54.6 Å². The molecule has 2 aliphatic heterocycles. The Balaban J connectivity index is 0.000000161. The zero-order valence-corrected chi connectivity index (χ0v) is 49.3. The van der Waals surface area contributed by atoms with Gasteiger partial charge in [0.15, 0.2) is 34.7 Å². The first kappa shape index (κ1) is 63.0. The summed E-state index contributed by atoms with van der Waals surface area (Å²) in [6.07, 6.45) is 11.7. The summed E-state index contributed by atoms with van der Waals surface area (Å²) < 4.78 is 55.8. The Morgan fingerprint density at radius 3 is 1.23 bits per heavy atom. The Hall–Kier alpha value is -6.61. The first-order valence-corrected chi connectivity index (χ1v) is 28.2. The van der Waals surface area contributed by atoms with Gasteiger partial charge < -0.3 is 67.0 Å². The fourth-order valence-electron chi connectivity index (χ4n) is 8.13. The van der Waals surface area contributed by atoms with E-state index in [0.717, 1.165) is 57.5 Å². The van der Waals surface area contributed by atoms with Gasteiger partial charge in [-0.3, -0.25) is 0 Å². The van der Waals surface area contributed by atoms with Gasteiger partial charge in [0.25, 0.3) is 0 Å². The molecule has 3 aromatic carbocycles. The van der Waals surface area contributed by atoms with E-state index in [9.17, 15) is 13.2 Å². The highest BCUT2D eigenvalue weighted by Gasteiger charge is 2.27. The fourth-order valence-corrected chi connectivity index (χ4v) is 8.66. The lowest BCUT2D eigenvalue weighted by molar-refractivity contribution is 0.203. The molecule has 5 aliphatic rings. The molecule has 0 radical (unpaired) electrons. The Labute approximate surface area is 491 Å². The van der Waals surface area contributed by atoms with Crippen molar-refractivity contribution in [1.82, 2.24) is 54.7 Å². The van der Waals surface area contributed by atoms with Gasteiger partial charge >= 0.3 is 0 Å². The van der Waals surface area contributed by atoms with Crippen molar-refractivity contribution in [2.75, 3.05) is 100 Å². The molecule has 3 aromatic heterocycles. The Kier molecular flexibility index (Phi) is 23.5. The SMILES string of the molecule is CC(N)C1CCN(C)CC1.COc1ccc(Nc2nc(Cl)nc(Cl)n2)cc1F.COc1ccc(Nc2nc(Cl)nc(NC3CC3)n2)cc1F.COc1ccc(Nc2nc(NC3CC3)nc(N(C)C3CCN(C)CC3)n2)cc1F.NC1CC1. The lowest BCUT2D eigenvalue weighted by atomic mass is 9.91. The minimum absolute atomic E-state index is 0.0496. The second-order valence-electron chi connectivity index (χ2n) is 20.5. The van der Waals surface area contributed by atoms with E-state index in [0.29, 0.717) is 71.1 Å². The number of methoxy groups -OCH3 is 3. The van der Waals surface area contributed by atoms with Crippen LogP contribution in [0.3, 0.4) is 0 Å². The zero-order chi connectivity index (χ0) is 58.9. The topological polar surface area (TPSA) is 266 Å². The minimum atomic E-state index is -0.506. The highest BCUT2D eigenvalue weighted by molar-refractivity contribution is 6.31. The number of anilines is 9. The largest absolute Gasteiger partial charge is 0.494 e. The zero-order valence-electron chi connectivity index (χ0n) is 47.1. The van der Waals surface area contributed by atoms with E-state index in [1.54, 1.807) is 24.3 Å². The number of halogens is 6.